The van der Waals surface area contributed by atoms with E-state index in [0.717, 1.165) is 84.2 Å². The third-order valence-corrected chi connectivity index (χ3v) is 9.85. The first kappa shape index (κ1) is 25.0. The van der Waals surface area contributed by atoms with Gasteiger partial charge in [-0.2, -0.15) is 0 Å². The fourth-order valence-corrected chi connectivity index (χ4v) is 5.99. The molecule has 0 unspecified atom stereocenters. The van der Waals surface area contributed by atoms with Gasteiger partial charge in [-0.15, -0.1) is 0 Å². The highest BCUT2D eigenvalue weighted by Gasteiger charge is 2.39. The number of amides is 1. The lowest BCUT2D eigenvalue weighted by molar-refractivity contribution is -0.120. The quantitative estimate of drug-likeness (QED) is 0.255. The van der Waals surface area contributed by atoms with Gasteiger partial charge in [-0.25, -0.2) is 4.98 Å². The molecule has 2 aliphatic carbocycles. The van der Waals surface area contributed by atoms with Gasteiger partial charge >= 0.3 is 0 Å². The number of hydrogen-bond donors (Lipinski definition) is 0. The van der Waals surface area contributed by atoms with Crippen LogP contribution < -0.4 is 9.64 Å². The van der Waals surface area contributed by atoms with Crippen molar-refractivity contribution in [1.82, 2.24) is 9.55 Å². The van der Waals surface area contributed by atoms with Crippen molar-refractivity contribution in [3.05, 3.63) is 28.5 Å². The normalized spacial score (nSPS) is 20.5. The van der Waals surface area contributed by atoms with Gasteiger partial charge in [0.25, 0.3) is 0 Å². The summed E-state index contributed by atoms with van der Waals surface area (Å²) >= 11 is 3.68. The standard InChI is InChI=1S/C27H38BrN3O3Si/c1-18-8-11-21-23(31(18)27(32)19-9-10-19)13-12-22(25(21)34-20-6-5-7-20)26-29-16-24(28)30(26)17-33-14-15-35(2,3)4/h12-13,16,18-20H,5-11,14-15,17H2,1-4H3/t18-/m0/s1. The van der Waals surface area contributed by atoms with Crippen LogP contribution in [0.5, 0.6) is 5.75 Å². The van der Waals surface area contributed by atoms with Gasteiger partial charge < -0.3 is 14.4 Å². The maximum Gasteiger partial charge on any atom is 0.230 e. The summed E-state index contributed by atoms with van der Waals surface area (Å²) in [7, 11) is -1.15. The summed E-state index contributed by atoms with van der Waals surface area (Å²) in [6.07, 6.45) is 9.37. The molecule has 0 radical (unpaired) electrons. The molecule has 3 aliphatic rings. The molecule has 1 aromatic carbocycles. The summed E-state index contributed by atoms with van der Waals surface area (Å²) in [5.74, 6) is 2.23. The number of aromatic nitrogens is 2. The van der Waals surface area contributed by atoms with Crippen molar-refractivity contribution < 1.29 is 14.3 Å². The number of carbonyl (C=O) groups is 1. The third-order valence-electron chi connectivity index (χ3n) is 7.51. The van der Waals surface area contributed by atoms with Gasteiger partial charge in [-0.05, 0) is 86.0 Å². The van der Waals surface area contributed by atoms with Crippen LogP contribution in [-0.2, 0) is 22.7 Å². The van der Waals surface area contributed by atoms with Crippen LogP contribution in [0.3, 0.4) is 0 Å². The largest absolute Gasteiger partial charge is 0.489 e. The zero-order chi connectivity index (χ0) is 24.7. The molecule has 5 rings (SSSR count). The van der Waals surface area contributed by atoms with Crippen LogP contribution in [0.25, 0.3) is 11.4 Å². The van der Waals surface area contributed by atoms with E-state index in [0.29, 0.717) is 6.73 Å². The Balaban J connectivity index is 1.50. The summed E-state index contributed by atoms with van der Waals surface area (Å²) in [4.78, 5) is 20.0. The van der Waals surface area contributed by atoms with Crippen LogP contribution >= 0.6 is 15.9 Å². The van der Waals surface area contributed by atoms with Gasteiger partial charge in [0.1, 0.15) is 22.9 Å². The van der Waals surface area contributed by atoms with Gasteiger partial charge in [-0.1, -0.05) is 19.6 Å². The molecule has 0 N–H and O–H groups in total. The van der Waals surface area contributed by atoms with Crippen LogP contribution in [0.4, 0.5) is 5.69 Å². The van der Waals surface area contributed by atoms with Gasteiger partial charge in [0.15, 0.2) is 0 Å². The average Bonchev–Trinajstić information content (AvgIpc) is 3.56. The Hall–Kier alpha value is -1.64. The van der Waals surface area contributed by atoms with Gasteiger partial charge in [0.05, 0.1) is 23.6 Å². The lowest BCUT2D eigenvalue weighted by atomic mass is 9.91. The Morgan fingerprint density at radius 2 is 1.94 bits per heavy atom. The van der Waals surface area contributed by atoms with E-state index in [-0.39, 0.29) is 24.0 Å². The Morgan fingerprint density at radius 3 is 2.60 bits per heavy atom. The van der Waals surface area contributed by atoms with Crippen molar-refractivity contribution in [2.75, 3.05) is 11.5 Å². The zero-order valence-corrected chi connectivity index (χ0v) is 24.1. The number of halogens is 1. The first-order chi connectivity index (χ1) is 16.7. The molecular weight excluding hydrogens is 522 g/mol. The fraction of sp³-hybridized carbons (Fsp3) is 0.630. The van der Waals surface area contributed by atoms with Crippen molar-refractivity contribution in [2.45, 2.75) is 96.4 Å². The van der Waals surface area contributed by atoms with E-state index in [4.69, 9.17) is 14.5 Å². The van der Waals surface area contributed by atoms with Crippen molar-refractivity contribution in [2.24, 2.45) is 5.92 Å². The van der Waals surface area contributed by atoms with E-state index in [2.05, 4.69) is 64.1 Å². The van der Waals surface area contributed by atoms with Crippen LogP contribution in [0.2, 0.25) is 25.7 Å². The number of ether oxygens (including phenoxy) is 2. The molecule has 1 atom stereocenters. The summed E-state index contributed by atoms with van der Waals surface area (Å²) in [6.45, 7) is 10.5. The zero-order valence-electron chi connectivity index (χ0n) is 21.5. The number of fused-ring (bicyclic) bond motifs is 1. The minimum atomic E-state index is -1.15. The summed E-state index contributed by atoms with van der Waals surface area (Å²) in [6, 6.07) is 5.57. The maximum absolute atomic E-state index is 13.2. The average molecular weight is 561 g/mol. The van der Waals surface area contributed by atoms with Crippen LogP contribution in [0, 0.1) is 5.92 Å². The number of anilines is 1. The third kappa shape index (κ3) is 5.39. The van der Waals surface area contributed by atoms with E-state index < -0.39 is 8.07 Å². The van der Waals surface area contributed by atoms with Crippen LogP contribution in [0.15, 0.2) is 22.9 Å². The number of hydrogen-bond acceptors (Lipinski definition) is 4. The molecule has 1 aliphatic heterocycles. The summed E-state index contributed by atoms with van der Waals surface area (Å²) < 4.78 is 15.7. The predicted octanol–water partition coefficient (Wildman–Crippen LogP) is 6.63. The Labute approximate surface area is 218 Å². The van der Waals surface area contributed by atoms with E-state index in [1.165, 1.54) is 6.42 Å². The minimum absolute atomic E-state index is 0.197. The van der Waals surface area contributed by atoms with Crippen molar-refractivity contribution in [1.29, 1.82) is 0 Å². The van der Waals surface area contributed by atoms with Gasteiger partial charge in [-0.3, -0.25) is 9.36 Å². The molecule has 2 aromatic rings. The molecule has 1 aromatic heterocycles. The first-order valence-electron chi connectivity index (χ1n) is 13.2. The molecule has 2 fully saturated rings. The molecule has 2 saturated carbocycles. The molecule has 0 saturated heterocycles. The monoisotopic (exact) mass is 559 g/mol. The Bertz CT molecular complexity index is 1090. The summed E-state index contributed by atoms with van der Waals surface area (Å²) in [5, 5.41) is 0. The first-order valence-corrected chi connectivity index (χ1v) is 17.7. The molecule has 190 valence electrons. The van der Waals surface area contributed by atoms with Crippen LogP contribution in [-0.4, -0.2) is 42.3 Å². The number of rotatable bonds is 9. The van der Waals surface area contributed by atoms with Crippen molar-refractivity contribution in [3.63, 3.8) is 0 Å². The molecule has 1 amide bonds. The number of imidazole rings is 1. The van der Waals surface area contributed by atoms with E-state index in [1.54, 1.807) is 0 Å². The molecule has 0 bridgehead atoms. The Morgan fingerprint density at radius 1 is 1.17 bits per heavy atom. The number of nitrogens with zero attached hydrogens (tertiary/aromatic N) is 3. The Kier molecular flexibility index (Phi) is 7.16. The van der Waals surface area contributed by atoms with E-state index in [1.807, 2.05) is 6.20 Å². The molecule has 8 heteroatoms. The topological polar surface area (TPSA) is 56.6 Å². The molecule has 35 heavy (non-hydrogen) atoms. The molecule has 6 nitrogen and oxygen atoms in total. The van der Waals surface area contributed by atoms with Gasteiger partial charge in [0, 0.05) is 32.2 Å². The summed E-state index contributed by atoms with van der Waals surface area (Å²) in [5.41, 5.74) is 3.18. The fourth-order valence-electron chi connectivity index (χ4n) is 4.86. The number of benzene rings is 1. The maximum atomic E-state index is 13.2. The van der Waals surface area contributed by atoms with Crippen molar-refractivity contribution >= 4 is 35.6 Å². The van der Waals surface area contributed by atoms with E-state index >= 15 is 0 Å². The predicted molar refractivity (Wildman–Crippen MR) is 146 cm³/mol. The SMILES string of the molecule is C[C@H]1CCc2c(ccc(-c3ncc(Br)n3COCC[Si](C)(C)C)c2OC2CCC2)N1C(=O)C1CC1. The van der Waals surface area contributed by atoms with Gasteiger partial charge in [0.2, 0.25) is 5.91 Å². The highest BCUT2D eigenvalue weighted by Crippen LogP contribution is 2.46. The van der Waals surface area contributed by atoms with Crippen LogP contribution in [0.1, 0.15) is 51.0 Å². The van der Waals surface area contributed by atoms with Crippen molar-refractivity contribution in [3.8, 4) is 17.1 Å². The second kappa shape index (κ2) is 10.0. The second-order valence-electron chi connectivity index (χ2n) is 11.7. The lowest BCUT2D eigenvalue weighted by Gasteiger charge is -2.38. The molecular formula is C27H38BrN3O3Si. The highest BCUT2D eigenvalue weighted by molar-refractivity contribution is 9.10. The second-order valence-corrected chi connectivity index (χ2v) is 18.1. The minimum Gasteiger partial charge on any atom is -0.489 e. The number of carbonyl (C=O) groups excluding carboxylic acids is 1. The lowest BCUT2D eigenvalue weighted by Crippen LogP contribution is -2.43. The smallest absolute Gasteiger partial charge is 0.230 e. The molecule has 0 spiro atoms. The highest BCUT2D eigenvalue weighted by atomic mass is 79.9. The molecule has 2 heterocycles. The van der Waals surface area contributed by atoms with E-state index in [9.17, 15) is 4.79 Å².